The lowest BCUT2D eigenvalue weighted by Crippen LogP contribution is -2.03. The quantitative estimate of drug-likeness (QED) is 0.664. The van der Waals surface area contributed by atoms with Gasteiger partial charge in [0.15, 0.2) is 0 Å². The molecular weight excluding hydrogens is 220 g/mol. The summed E-state index contributed by atoms with van der Waals surface area (Å²) in [6, 6.07) is 16.6. The highest BCUT2D eigenvalue weighted by Gasteiger charge is 2.07. The Morgan fingerprint density at radius 1 is 1.06 bits per heavy atom. The van der Waals surface area contributed by atoms with E-state index < -0.39 is 0 Å². The minimum atomic E-state index is 0.819. The summed E-state index contributed by atoms with van der Waals surface area (Å²) >= 11 is 0. The minimum Gasteiger partial charge on any atom is -0.323 e. The van der Waals surface area contributed by atoms with E-state index in [9.17, 15) is 0 Å². The van der Waals surface area contributed by atoms with Gasteiger partial charge in [-0.1, -0.05) is 36.4 Å². The van der Waals surface area contributed by atoms with Crippen molar-refractivity contribution < 1.29 is 0 Å². The second kappa shape index (κ2) is 4.30. The summed E-state index contributed by atoms with van der Waals surface area (Å²) in [5.41, 5.74) is 4.77. The van der Waals surface area contributed by atoms with E-state index in [1.807, 2.05) is 18.2 Å². The summed E-state index contributed by atoms with van der Waals surface area (Å²) in [6.07, 6.45) is 0. The highest BCUT2D eigenvalue weighted by molar-refractivity contribution is 5.76. The SMILES string of the molecule is [CH2]c1nc2ccccc2n1Cc1ccccc1C. The molecule has 1 aromatic heterocycles. The molecule has 0 amide bonds. The monoisotopic (exact) mass is 235 g/mol. The van der Waals surface area contributed by atoms with Crippen LogP contribution < -0.4 is 0 Å². The number of hydrogen-bond donors (Lipinski definition) is 0. The average molecular weight is 235 g/mol. The molecule has 18 heavy (non-hydrogen) atoms. The zero-order chi connectivity index (χ0) is 12.5. The molecule has 2 aromatic carbocycles. The number of rotatable bonds is 2. The Morgan fingerprint density at radius 3 is 2.61 bits per heavy atom. The third-order valence-corrected chi connectivity index (χ3v) is 3.32. The van der Waals surface area contributed by atoms with Crippen molar-refractivity contribution in [2.24, 2.45) is 0 Å². The maximum absolute atomic E-state index is 4.49. The molecule has 0 aliphatic heterocycles. The van der Waals surface area contributed by atoms with Gasteiger partial charge in [0.05, 0.1) is 11.0 Å². The predicted molar refractivity (Wildman–Crippen MR) is 74.5 cm³/mol. The van der Waals surface area contributed by atoms with Crippen molar-refractivity contribution in [1.82, 2.24) is 9.55 Å². The molecule has 3 aromatic rings. The molecule has 89 valence electrons. The van der Waals surface area contributed by atoms with Crippen LogP contribution in [0.5, 0.6) is 0 Å². The van der Waals surface area contributed by atoms with Crippen LogP contribution in [0.2, 0.25) is 0 Å². The summed E-state index contributed by atoms with van der Waals surface area (Å²) in [5.74, 6) is 0.819. The third kappa shape index (κ3) is 1.80. The molecule has 0 N–H and O–H groups in total. The van der Waals surface area contributed by atoms with E-state index in [4.69, 9.17) is 0 Å². The Balaban J connectivity index is 2.10. The summed E-state index contributed by atoms with van der Waals surface area (Å²) in [6.45, 7) is 7.00. The standard InChI is InChI=1S/C16H15N2/c1-12-7-3-4-8-14(12)11-18-13(2)17-15-9-5-6-10-16(15)18/h3-10H,2,11H2,1H3. The van der Waals surface area contributed by atoms with Gasteiger partial charge in [-0.05, 0) is 30.2 Å². The second-order valence-electron chi connectivity index (χ2n) is 4.53. The van der Waals surface area contributed by atoms with Gasteiger partial charge in [-0.3, -0.25) is 0 Å². The fraction of sp³-hybridized carbons (Fsp3) is 0.125. The van der Waals surface area contributed by atoms with Gasteiger partial charge < -0.3 is 4.57 Å². The van der Waals surface area contributed by atoms with Crippen molar-refractivity contribution >= 4 is 11.0 Å². The molecule has 0 saturated heterocycles. The molecule has 1 heterocycles. The van der Waals surface area contributed by atoms with Gasteiger partial charge in [0.25, 0.3) is 0 Å². The molecule has 0 spiro atoms. The van der Waals surface area contributed by atoms with Crippen LogP contribution in [-0.2, 0) is 6.54 Å². The number of fused-ring (bicyclic) bond motifs is 1. The van der Waals surface area contributed by atoms with E-state index in [2.05, 4.69) is 53.7 Å². The first kappa shape index (κ1) is 11.0. The van der Waals surface area contributed by atoms with E-state index in [1.165, 1.54) is 11.1 Å². The molecule has 0 unspecified atom stereocenters. The molecule has 0 fully saturated rings. The van der Waals surface area contributed by atoms with Crippen LogP contribution in [0, 0.1) is 13.8 Å². The van der Waals surface area contributed by atoms with Gasteiger partial charge in [-0.2, -0.15) is 0 Å². The Kier molecular flexibility index (Phi) is 2.63. The van der Waals surface area contributed by atoms with Crippen LogP contribution >= 0.6 is 0 Å². The van der Waals surface area contributed by atoms with E-state index in [1.54, 1.807) is 0 Å². The topological polar surface area (TPSA) is 17.8 Å². The fourth-order valence-corrected chi connectivity index (χ4v) is 2.26. The average Bonchev–Trinajstić information content (AvgIpc) is 2.69. The largest absolute Gasteiger partial charge is 0.323 e. The highest BCUT2D eigenvalue weighted by atomic mass is 15.1. The first-order valence-electron chi connectivity index (χ1n) is 6.07. The molecule has 3 rings (SSSR count). The number of para-hydroxylation sites is 2. The lowest BCUT2D eigenvalue weighted by Gasteiger charge is -2.09. The number of nitrogens with zero attached hydrogens (tertiary/aromatic N) is 2. The maximum Gasteiger partial charge on any atom is 0.110 e. The van der Waals surface area contributed by atoms with Gasteiger partial charge in [0, 0.05) is 13.5 Å². The molecule has 0 bridgehead atoms. The Hall–Kier alpha value is -2.09. The Morgan fingerprint density at radius 2 is 1.78 bits per heavy atom. The molecule has 2 nitrogen and oxygen atoms in total. The van der Waals surface area contributed by atoms with Gasteiger partial charge in [0.2, 0.25) is 0 Å². The van der Waals surface area contributed by atoms with Gasteiger partial charge >= 0.3 is 0 Å². The smallest absolute Gasteiger partial charge is 0.110 e. The number of benzene rings is 2. The first-order chi connectivity index (χ1) is 8.75. The highest BCUT2D eigenvalue weighted by Crippen LogP contribution is 2.18. The minimum absolute atomic E-state index is 0.819. The number of hydrogen-bond acceptors (Lipinski definition) is 1. The Labute approximate surface area is 107 Å². The summed E-state index contributed by atoms with van der Waals surface area (Å²) in [7, 11) is 0. The van der Waals surface area contributed by atoms with Crippen LogP contribution in [0.4, 0.5) is 0 Å². The van der Waals surface area contributed by atoms with Crippen LogP contribution in [0.25, 0.3) is 11.0 Å². The van der Waals surface area contributed by atoms with E-state index in [0.717, 1.165) is 23.4 Å². The van der Waals surface area contributed by atoms with Gasteiger partial charge in [0.1, 0.15) is 5.82 Å². The Bertz CT molecular complexity index is 695. The second-order valence-corrected chi connectivity index (χ2v) is 4.53. The molecule has 0 aliphatic carbocycles. The third-order valence-electron chi connectivity index (χ3n) is 3.32. The summed E-state index contributed by atoms with van der Waals surface area (Å²) < 4.78 is 2.16. The lowest BCUT2D eigenvalue weighted by molar-refractivity contribution is 0.799. The molecule has 0 aliphatic rings. The van der Waals surface area contributed by atoms with Gasteiger partial charge in [-0.15, -0.1) is 0 Å². The fourth-order valence-electron chi connectivity index (χ4n) is 2.26. The van der Waals surface area contributed by atoms with Crippen molar-refractivity contribution in [3.05, 3.63) is 72.4 Å². The van der Waals surface area contributed by atoms with E-state index >= 15 is 0 Å². The summed E-state index contributed by atoms with van der Waals surface area (Å²) in [5, 5.41) is 0. The van der Waals surface area contributed by atoms with E-state index in [-0.39, 0.29) is 0 Å². The number of imidazole rings is 1. The van der Waals surface area contributed by atoms with Crippen LogP contribution in [0.15, 0.2) is 48.5 Å². The molecular formula is C16H15N2. The van der Waals surface area contributed by atoms with Crippen molar-refractivity contribution in [2.75, 3.05) is 0 Å². The normalized spacial score (nSPS) is 11.0. The van der Waals surface area contributed by atoms with Crippen molar-refractivity contribution in [2.45, 2.75) is 13.5 Å². The first-order valence-corrected chi connectivity index (χ1v) is 6.07. The van der Waals surface area contributed by atoms with Crippen LogP contribution in [-0.4, -0.2) is 9.55 Å². The molecule has 0 saturated carbocycles. The zero-order valence-electron chi connectivity index (χ0n) is 10.4. The molecule has 1 radical (unpaired) electrons. The zero-order valence-corrected chi connectivity index (χ0v) is 10.4. The lowest BCUT2D eigenvalue weighted by atomic mass is 10.1. The number of aryl methyl sites for hydroxylation is 1. The van der Waals surface area contributed by atoms with Gasteiger partial charge in [-0.25, -0.2) is 4.98 Å². The molecule has 0 atom stereocenters. The van der Waals surface area contributed by atoms with E-state index in [0.29, 0.717) is 0 Å². The van der Waals surface area contributed by atoms with Crippen LogP contribution in [0.3, 0.4) is 0 Å². The maximum atomic E-state index is 4.49. The molecule has 2 heteroatoms. The van der Waals surface area contributed by atoms with Crippen molar-refractivity contribution in [1.29, 1.82) is 0 Å². The van der Waals surface area contributed by atoms with Crippen molar-refractivity contribution in [3.63, 3.8) is 0 Å². The number of aromatic nitrogens is 2. The van der Waals surface area contributed by atoms with Crippen molar-refractivity contribution in [3.8, 4) is 0 Å². The predicted octanol–water partition coefficient (Wildman–Crippen LogP) is 3.58. The summed E-state index contributed by atoms with van der Waals surface area (Å²) in [4.78, 5) is 4.49. The van der Waals surface area contributed by atoms with Crippen LogP contribution in [0.1, 0.15) is 17.0 Å².